The second-order valence-electron chi connectivity index (χ2n) is 3.63. The summed E-state index contributed by atoms with van der Waals surface area (Å²) in [7, 11) is 1.68. The number of anilines is 1. The molecule has 0 fully saturated rings. The average molecular weight is 300 g/mol. The number of aryl methyl sites for hydroxylation is 2. The lowest BCUT2D eigenvalue weighted by Crippen LogP contribution is -1.94. The van der Waals surface area contributed by atoms with Gasteiger partial charge in [-0.25, -0.2) is 0 Å². The SMILES string of the molecule is CCNc1nnc(Sc2c([N+](=O)[O-])c(C)nn2C)s1. The van der Waals surface area contributed by atoms with E-state index in [9.17, 15) is 10.1 Å². The fourth-order valence-corrected chi connectivity index (χ4v) is 3.43. The van der Waals surface area contributed by atoms with Gasteiger partial charge < -0.3 is 5.32 Å². The topological polar surface area (TPSA) is 98.8 Å². The van der Waals surface area contributed by atoms with Gasteiger partial charge in [0.25, 0.3) is 0 Å². The van der Waals surface area contributed by atoms with Gasteiger partial charge >= 0.3 is 5.69 Å². The van der Waals surface area contributed by atoms with Crippen molar-refractivity contribution >= 4 is 33.9 Å². The molecule has 0 unspecified atom stereocenters. The molecule has 1 N–H and O–H groups in total. The highest BCUT2D eigenvalue weighted by molar-refractivity contribution is 8.01. The third-order valence-electron chi connectivity index (χ3n) is 2.24. The molecule has 2 aromatic heterocycles. The Balaban J connectivity index is 2.29. The molecule has 2 aromatic rings. The maximum absolute atomic E-state index is 11.0. The molecule has 0 radical (unpaired) electrons. The molecule has 102 valence electrons. The van der Waals surface area contributed by atoms with Crippen LogP contribution in [0.5, 0.6) is 0 Å². The third-order valence-corrected chi connectivity index (χ3v) is 4.32. The van der Waals surface area contributed by atoms with Crippen molar-refractivity contribution in [3.05, 3.63) is 15.8 Å². The second-order valence-corrected chi connectivity index (χ2v) is 5.84. The molecule has 2 rings (SSSR count). The van der Waals surface area contributed by atoms with E-state index < -0.39 is 4.92 Å². The Kier molecular flexibility index (Phi) is 4.00. The summed E-state index contributed by atoms with van der Waals surface area (Å²) in [5.41, 5.74) is 0.416. The van der Waals surface area contributed by atoms with Gasteiger partial charge in [-0.1, -0.05) is 11.3 Å². The van der Waals surface area contributed by atoms with E-state index in [4.69, 9.17) is 0 Å². The first-order chi connectivity index (χ1) is 9.02. The maximum Gasteiger partial charge on any atom is 0.324 e. The van der Waals surface area contributed by atoms with E-state index in [1.165, 1.54) is 27.8 Å². The van der Waals surface area contributed by atoms with Crippen molar-refractivity contribution in [3.8, 4) is 0 Å². The van der Waals surface area contributed by atoms with E-state index in [2.05, 4.69) is 20.6 Å². The summed E-state index contributed by atoms with van der Waals surface area (Å²) in [6, 6.07) is 0. The van der Waals surface area contributed by atoms with Crippen LogP contribution in [0.4, 0.5) is 10.8 Å². The van der Waals surface area contributed by atoms with E-state index in [0.717, 1.165) is 6.54 Å². The minimum absolute atomic E-state index is 0.0210. The molecule has 0 saturated heterocycles. The molecule has 2 heterocycles. The zero-order chi connectivity index (χ0) is 14.0. The summed E-state index contributed by atoms with van der Waals surface area (Å²) in [5, 5.41) is 27.3. The van der Waals surface area contributed by atoms with Gasteiger partial charge in [-0.2, -0.15) is 5.10 Å². The molecule has 0 aliphatic heterocycles. The van der Waals surface area contributed by atoms with E-state index >= 15 is 0 Å². The molecule has 0 aliphatic rings. The van der Waals surface area contributed by atoms with Crippen LogP contribution in [0.15, 0.2) is 9.37 Å². The van der Waals surface area contributed by atoms with Crippen LogP contribution in [0.1, 0.15) is 12.6 Å². The molecule has 8 nitrogen and oxygen atoms in total. The fraction of sp³-hybridized carbons (Fsp3) is 0.444. The molecule has 0 aliphatic carbocycles. The van der Waals surface area contributed by atoms with Gasteiger partial charge in [-0.15, -0.1) is 10.2 Å². The highest BCUT2D eigenvalue weighted by Crippen LogP contribution is 2.38. The van der Waals surface area contributed by atoms with Gasteiger partial charge in [0, 0.05) is 13.6 Å². The van der Waals surface area contributed by atoms with Gasteiger partial charge in [0.2, 0.25) is 5.13 Å². The fourth-order valence-electron chi connectivity index (χ4n) is 1.51. The van der Waals surface area contributed by atoms with Crippen molar-refractivity contribution in [1.29, 1.82) is 0 Å². The van der Waals surface area contributed by atoms with Crippen LogP contribution in [-0.4, -0.2) is 31.4 Å². The molecule has 0 spiro atoms. The van der Waals surface area contributed by atoms with Crippen molar-refractivity contribution in [2.24, 2.45) is 7.05 Å². The van der Waals surface area contributed by atoms with Crippen molar-refractivity contribution in [2.45, 2.75) is 23.2 Å². The first kappa shape index (κ1) is 13.7. The number of nitrogens with one attached hydrogen (secondary N) is 1. The average Bonchev–Trinajstić information content (AvgIpc) is 2.86. The largest absolute Gasteiger partial charge is 0.360 e. The van der Waals surface area contributed by atoms with E-state index in [1.54, 1.807) is 14.0 Å². The predicted octanol–water partition coefficient (Wildman–Crippen LogP) is 2.07. The lowest BCUT2D eigenvalue weighted by atomic mass is 10.4. The number of nitro groups is 1. The molecule has 0 bridgehead atoms. The number of hydrogen-bond acceptors (Lipinski definition) is 8. The number of hydrogen-bond donors (Lipinski definition) is 1. The minimum atomic E-state index is -0.420. The van der Waals surface area contributed by atoms with Crippen molar-refractivity contribution in [1.82, 2.24) is 20.0 Å². The third kappa shape index (κ3) is 2.84. The Morgan fingerprint density at radius 2 is 2.26 bits per heavy atom. The van der Waals surface area contributed by atoms with Crippen molar-refractivity contribution < 1.29 is 4.92 Å². The van der Waals surface area contributed by atoms with Gasteiger partial charge in [0.15, 0.2) is 9.37 Å². The van der Waals surface area contributed by atoms with Crippen molar-refractivity contribution in [3.63, 3.8) is 0 Å². The number of nitrogens with zero attached hydrogens (tertiary/aromatic N) is 5. The molecular formula is C9H12N6O2S2. The van der Waals surface area contributed by atoms with E-state index in [1.807, 2.05) is 6.92 Å². The highest BCUT2D eigenvalue weighted by atomic mass is 32.2. The summed E-state index contributed by atoms with van der Waals surface area (Å²) in [6.07, 6.45) is 0. The van der Waals surface area contributed by atoms with Gasteiger partial charge in [-0.05, 0) is 25.6 Å². The molecule has 10 heteroatoms. The lowest BCUT2D eigenvalue weighted by Gasteiger charge is -1.97. The summed E-state index contributed by atoms with van der Waals surface area (Å²) in [6.45, 7) is 4.33. The molecule has 0 aromatic carbocycles. The highest BCUT2D eigenvalue weighted by Gasteiger charge is 2.25. The van der Waals surface area contributed by atoms with Gasteiger partial charge in [0.05, 0.1) is 4.92 Å². The van der Waals surface area contributed by atoms with Crippen molar-refractivity contribution in [2.75, 3.05) is 11.9 Å². The van der Waals surface area contributed by atoms with E-state index in [-0.39, 0.29) is 5.69 Å². The van der Waals surface area contributed by atoms with Crippen LogP contribution >= 0.6 is 23.1 Å². The monoisotopic (exact) mass is 300 g/mol. The first-order valence-electron chi connectivity index (χ1n) is 5.46. The molecule has 0 amide bonds. The summed E-state index contributed by atoms with van der Waals surface area (Å²) < 4.78 is 2.13. The van der Waals surface area contributed by atoms with Crippen LogP contribution in [0.25, 0.3) is 0 Å². The Morgan fingerprint density at radius 1 is 1.53 bits per heavy atom. The molecule has 0 saturated carbocycles. The van der Waals surface area contributed by atoms with Crippen LogP contribution in [0.2, 0.25) is 0 Å². The van der Waals surface area contributed by atoms with Gasteiger partial charge in [-0.3, -0.25) is 14.8 Å². The Bertz CT molecular complexity index is 608. The standard InChI is InChI=1S/C9H12N6O2S2/c1-4-10-8-11-12-9(19-8)18-7-6(15(16)17)5(2)13-14(7)3/h4H2,1-3H3,(H,10,11). The minimum Gasteiger partial charge on any atom is -0.360 e. The molecular weight excluding hydrogens is 288 g/mol. The summed E-state index contributed by atoms with van der Waals surface area (Å²) in [4.78, 5) is 10.6. The zero-order valence-electron chi connectivity index (χ0n) is 10.6. The summed E-state index contributed by atoms with van der Waals surface area (Å²) >= 11 is 2.56. The number of rotatable bonds is 5. The second kappa shape index (κ2) is 5.53. The predicted molar refractivity (Wildman–Crippen MR) is 72.8 cm³/mol. The van der Waals surface area contributed by atoms with Gasteiger partial charge in [0.1, 0.15) is 5.69 Å². The molecule has 19 heavy (non-hydrogen) atoms. The quantitative estimate of drug-likeness (QED) is 0.666. The lowest BCUT2D eigenvalue weighted by molar-refractivity contribution is -0.388. The van der Waals surface area contributed by atoms with Crippen LogP contribution in [0, 0.1) is 17.0 Å². The summed E-state index contributed by atoms with van der Waals surface area (Å²) in [5.74, 6) is 0. The van der Waals surface area contributed by atoms with Crippen LogP contribution in [0.3, 0.4) is 0 Å². The number of aromatic nitrogens is 4. The smallest absolute Gasteiger partial charge is 0.324 e. The van der Waals surface area contributed by atoms with E-state index in [0.29, 0.717) is 20.2 Å². The molecule has 0 atom stereocenters. The zero-order valence-corrected chi connectivity index (χ0v) is 12.2. The Hall–Kier alpha value is -1.68. The first-order valence-corrected chi connectivity index (χ1v) is 7.09. The normalized spacial score (nSPS) is 10.7. The maximum atomic E-state index is 11.0. The Morgan fingerprint density at radius 3 is 2.89 bits per heavy atom. The Labute approximate surface area is 117 Å². The van der Waals surface area contributed by atoms with Crippen LogP contribution < -0.4 is 5.32 Å². The van der Waals surface area contributed by atoms with Crippen LogP contribution in [-0.2, 0) is 7.05 Å².